The average molecular weight is 236 g/mol. The summed E-state index contributed by atoms with van der Waals surface area (Å²) in [6.45, 7) is 1.94. The van der Waals surface area contributed by atoms with Crippen molar-refractivity contribution in [2.45, 2.75) is 38.3 Å². The highest BCUT2D eigenvalue weighted by atomic mass is 16.4. The number of rotatable bonds is 6. The minimum Gasteiger partial charge on any atom is -0.481 e. The Morgan fingerprint density at radius 3 is 2.00 bits per heavy atom. The molecular weight excluding hydrogens is 216 g/mol. The van der Waals surface area contributed by atoms with E-state index in [2.05, 4.69) is 0 Å². The van der Waals surface area contributed by atoms with E-state index in [4.69, 9.17) is 26.8 Å². The van der Waals surface area contributed by atoms with Gasteiger partial charge in [0.1, 0.15) is 6.04 Å². The van der Waals surface area contributed by atoms with Gasteiger partial charge in [0.15, 0.2) is 0 Å². The number of hydrogen-bond acceptors (Lipinski definition) is 5. The molecule has 7 heteroatoms. The van der Waals surface area contributed by atoms with Crippen LogP contribution in [0.1, 0.15) is 26.2 Å². The van der Waals surface area contributed by atoms with Gasteiger partial charge in [-0.15, -0.1) is 0 Å². The zero-order valence-electron chi connectivity index (χ0n) is 9.30. The van der Waals surface area contributed by atoms with E-state index in [1.807, 2.05) is 0 Å². The summed E-state index contributed by atoms with van der Waals surface area (Å²) in [5.74, 6) is -1.92. The fourth-order valence-electron chi connectivity index (χ4n) is 0.714. The standard InChI is InChI=1S/C5H12N2O2.C4H8O3/c6-3-1-2-4(7)5(8)9;1-3(5)2-4(6)7/h4H,1-3,6-7H2,(H,8,9);3,5H,2H2,1H3,(H,6,7). The van der Waals surface area contributed by atoms with E-state index in [0.717, 1.165) is 0 Å². The molecule has 0 aliphatic carbocycles. The highest BCUT2D eigenvalue weighted by Gasteiger charge is 2.08. The number of nitrogens with two attached hydrogens (primary N) is 2. The summed E-state index contributed by atoms with van der Waals surface area (Å²) in [7, 11) is 0. The minimum absolute atomic E-state index is 0.167. The van der Waals surface area contributed by atoms with Crippen LogP contribution >= 0.6 is 0 Å². The summed E-state index contributed by atoms with van der Waals surface area (Å²) in [4.78, 5) is 19.7. The molecule has 0 heterocycles. The third-order valence-corrected chi connectivity index (χ3v) is 1.51. The van der Waals surface area contributed by atoms with Crippen molar-refractivity contribution >= 4 is 11.9 Å². The topological polar surface area (TPSA) is 147 Å². The summed E-state index contributed by atoms with van der Waals surface area (Å²) >= 11 is 0. The van der Waals surface area contributed by atoms with Gasteiger partial charge in [-0.1, -0.05) is 0 Å². The molecule has 0 aliphatic heterocycles. The van der Waals surface area contributed by atoms with E-state index in [1.165, 1.54) is 6.92 Å². The summed E-state index contributed by atoms with van der Waals surface area (Å²) in [5, 5.41) is 24.5. The molecule has 0 fully saturated rings. The molecule has 0 aromatic rings. The van der Waals surface area contributed by atoms with Gasteiger partial charge in [0.25, 0.3) is 0 Å². The van der Waals surface area contributed by atoms with Crippen molar-refractivity contribution in [1.29, 1.82) is 0 Å². The molecule has 0 bridgehead atoms. The first-order valence-electron chi connectivity index (χ1n) is 4.89. The Labute approximate surface area is 94.1 Å². The van der Waals surface area contributed by atoms with Crippen molar-refractivity contribution in [3.8, 4) is 0 Å². The zero-order valence-corrected chi connectivity index (χ0v) is 9.30. The predicted octanol–water partition coefficient (Wildman–Crippen LogP) is -1.02. The highest BCUT2D eigenvalue weighted by Crippen LogP contribution is 1.91. The van der Waals surface area contributed by atoms with Gasteiger partial charge in [0.05, 0.1) is 12.5 Å². The molecule has 2 atom stereocenters. The molecule has 16 heavy (non-hydrogen) atoms. The molecular formula is C9H20N2O5. The number of carboxylic acid groups (broad SMARTS) is 2. The summed E-state index contributed by atoms with van der Waals surface area (Å²) in [6, 6.07) is -0.742. The SMILES string of the molecule is CC(O)CC(=O)O.NCCCC(N)C(=O)O. The van der Waals surface area contributed by atoms with Crippen LogP contribution in [0.2, 0.25) is 0 Å². The van der Waals surface area contributed by atoms with E-state index in [9.17, 15) is 9.59 Å². The van der Waals surface area contributed by atoms with Gasteiger partial charge in [0.2, 0.25) is 0 Å². The largest absolute Gasteiger partial charge is 0.481 e. The number of aliphatic carboxylic acids is 2. The van der Waals surface area contributed by atoms with E-state index in [0.29, 0.717) is 19.4 Å². The minimum atomic E-state index is -0.963. The Kier molecular flexibility index (Phi) is 11.1. The number of aliphatic hydroxyl groups excluding tert-OH is 1. The molecule has 0 spiro atoms. The second-order valence-corrected chi connectivity index (χ2v) is 3.32. The number of carbonyl (C=O) groups is 2. The van der Waals surface area contributed by atoms with Gasteiger partial charge in [-0.05, 0) is 26.3 Å². The molecule has 0 saturated carbocycles. The van der Waals surface area contributed by atoms with Gasteiger partial charge in [-0.25, -0.2) is 0 Å². The van der Waals surface area contributed by atoms with Gasteiger partial charge < -0.3 is 26.8 Å². The van der Waals surface area contributed by atoms with Crippen molar-refractivity contribution in [1.82, 2.24) is 0 Å². The molecule has 7 nitrogen and oxygen atoms in total. The molecule has 0 saturated heterocycles. The van der Waals surface area contributed by atoms with E-state index in [1.54, 1.807) is 0 Å². The van der Waals surface area contributed by atoms with Crippen LogP contribution in [0, 0.1) is 0 Å². The average Bonchev–Trinajstić information content (AvgIpc) is 2.12. The smallest absolute Gasteiger partial charge is 0.320 e. The van der Waals surface area contributed by atoms with Crippen LogP contribution in [0.3, 0.4) is 0 Å². The normalized spacial score (nSPS) is 13.2. The first-order valence-corrected chi connectivity index (χ1v) is 4.89. The van der Waals surface area contributed by atoms with Gasteiger partial charge in [0, 0.05) is 0 Å². The van der Waals surface area contributed by atoms with E-state index < -0.39 is 24.1 Å². The highest BCUT2D eigenvalue weighted by molar-refractivity contribution is 5.72. The number of carboxylic acids is 2. The molecule has 2 unspecified atom stereocenters. The van der Waals surface area contributed by atoms with Crippen LogP contribution < -0.4 is 11.5 Å². The number of aliphatic hydroxyl groups is 1. The fourth-order valence-corrected chi connectivity index (χ4v) is 0.714. The first-order chi connectivity index (χ1) is 7.31. The lowest BCUT2D eigenvalue weighted by Crippen LogP contribution is -2.30. The molecule has 0 aliphatic rings. The van der Waals surface area contributed by atoms with Gasteiger partial charge in [-0.3, -0.25) is 9.59 Å². The van der Waals surface area contributed by atoms with Gasteiger partial charge >= 0.3 is 11.9 Å². The molecule has 96 valence electrons. The molecule has 0 aromatic carbocycles. The lowest BCUT2D eigenvalue weighted by atomic mass is 10.2. The van der Waals surface area contributed by atoms with Crippen molar-refractivity contribution < 1.29 is 24.9 Å². The molecule has 0 amide bonds. The van der Waals surface area contributed by atoms with E-state index in [-0.39, 0.29) is 6.42 Å². The Balaban J connectivity index is 0. The van der Waals surface area contributed by atoms with Crippen LogP contribution in [0.4, 0.5) is 0 Å². The monoisotopic (exact) mass is 236 g/mol. The zero-order chi connectivity index (χ0) is 13.1. The summed E-state index contributed by atoms with van der Waals surface area (Å²) < 4.78 is 0. The number of hydrogen-bond donors (Lipinski definition) is 5. The maximum Gasteiger partial charge on any atom is 0.320 e. The second kappa shape index (κ2) is 10.3. The second-order valence-electron chi connectivity index (χ2n) is 3.32. The Morgan fingerprint density at radius 1 is 1.31 bits per heavy atom. The molecule has 0 rings (SSSR count). The Hall–Kier alpha value is -1.18. The Morgan fingerprint density at radius 2 is 1.81 bits per heavy atom. The van der Waals surface area contributed by atoms with Crippen LogP contribution in [0.5, 0.6) is 0 Å². The van der Waals surface area contributed by atoms with Crippen LogP contribution in [-0.2, 0) is 9.59 Å². The summed E-state index contributed by atoms with van der Waals surface area (Å²) in [5.41, 5.74) is 10.3. The third kappa shape index (κ3) is 15.3. The van der Waals surface area contributed by atoms with Crippen molar-refractivity contribution in [3.63, 3.8) is 0 Å². The van der Waals surface area contributed by atoms with Gasteiger partial charge in [-0.2, -0.15) is 0 Å². The Bertz CT molecular complexity index is 208. The van der Waals surface area contributed by atoms with Crippen LogP contribution in [0.15, 0.2) is 0 Å². The fraction of sp³-hybridized carbons (Fsp3) is 0.778. The predicted molar refractivity (Wildman–Crippen MR) is 57.8 cm³/mol. The van der Waals surface area contributed by atoms with Crippen LogP contribution in [-0.4, -0.2) is 45.9 Å². The maximum atomic E-state index is 10.0. The van der Waals surface area contributed by atoms with Crippen LogP contribution in [0.25, 0.3) is 0 Å². The molecule has 0 radical (unpaired) electrons. The maximum absolute atomic E-state index is 10.0. The quantitative estimate of drug-likeness (QED) is 0.396. The lowest BCUT2D eigenvalue weighted by Gasteiger charge is -2.02. The van der Waals surface area contributed by atoms with Crippen molar-refractivity contribution in [2.75, 3.05) is 6.54 Å². The summed E-state index contributed by atoms with van der Waals surface area (Å²) in [6.07, 6.45) is 0.247. The van der Waals surface area contributed by atoms with Crippen molar-refractivity contribution in [2.24, 2.45) is 11.5 Å². The van der Waals surface area contributed by atoms with E-state index >= 15 is 0 Å². The third-order valence-electron chi connectivity index (χ3n) is 1.51. The molecule has 0 aromatic heterocycles. The first kappa shape index (κ1) is 17.2. The lowest BCUT2D eigenvalue weighted by molar-refractivity contribution is -0.139. The molecule has 7 N–H and O–H groups in total. The van der Waals surface area contributed by atoms with Crippen molar-refractivity contribution in [3.05, 3.63) is 0 Å².